The van der Waals surface area contributed by atoms with Crippen LogP contribution in [0.25, 0.3) is 0 Å². The summed E-state index contributed by atoms with van der Waals surface area (Å²) in [7, 11) is 0. The van der Waals surface area contributed by atoms with Crippen molar-refractivity contribution in [3.63, 3.8) is 0 Å². The van der Waals surface area contributed by atoms with Crippen molar-refractivity contribution in [3.05, 3.63) is 18.0 Å². The predicted molar refractivity (Wildman–Crippen MR) is 30.6 cm³/mol. The van der Waals surface area contributed by atoms with Crippen LogP contribution in [-0.2, 0) is 0 Å². The molecule has 4 nitrogen and oxygen atoms in total. The van der Waals surface area contributed by atoms with E-state index in [1.165, 1.54) is 6.20 Å². The summed E-state index contributed by atoms with van der Waals surface area (Å²) in [6.07, 6.45) is 0.696. The molecule has 0 amide bonds. The van der Waals surface area contributed by atoms with Gasteiger partial charge in [-0.1, -0.05) is 0 Å². The molecular formula is C5H8N2O2. The second-order valence-corrected chi connectivity index (χ2v) is 1.71. The van der Waals surface area contributed by atoms with Crippen molar-refractivity contribution in [2.24, 2.45) is 0 Å². The van der Waals surface area contributed by atoms with E-state index >= 15 is 0 Å². The molecule has 3 N–H and O–H groups in total. The molecule has 0 aliphatic carbocycles. The Morgan fingerprint density at radius 2 is 2.56 bits per heavy atom. The minimum atomic E-state index is -0.826. The van der Waals surface area contributed by atoms with Gasteiger partial charge in [0.15, 0.2) is 0 Å². The fourth-order valence-corrected chi connectivity index (χ4v) is 0.551. The van der Waals surface area contributed by atoms with Crippen molar-refractivity contribution in [2.45, 2.75) is 6.10 Å². The third-order valence-electron chi connectivity index (χ3n) is 1.05. The number of nitrogens with zero attached hydrogens (tertiary/aromatic N) is 1. The molecule has 1 unspecified atom stereocenters. The summed E-state index contributed by atoms with van der Waals surface area (Å²) in [4.78, 5) is 0. The lowest BCUT2D eigenvalue weighted by atomic mass is 10.3. The second-order valence-electron chi connectivity index (χ2n) is 1.71. The molecular weight excluding hydrogens is 120 g/mol. The van der Waals surface area contributed by atoms with Gasteiger partial charge in [-0.3, -0.25) is 5.10 Å². The van der Waals surface area contributed by atoms with E-state index in [2.05, 4.69) is 10.2 Å². The Hall–Kier alpha value is -0.870. The Morgan fingerprint density at radius 1 is 1.78 bits per heavy atom. The minimum Gasteiger partial charge on any atom is -0.393 e. The van der Waals surface area contributed by atoms with Crippen LogP contribution in [0, 0.1) is 0 Å². The third kappa shape index (κ3) is 1.28. The van der Waals surface area contributed by atoms with Gasteiger partial charge >= 0.3 is 0 Å². The quantitative estimate of drug-likeness (QED) is 0.500. The maximum atomic E-state index is 8.90. The topological polar surface area (TPSA) is 69.1 Å². The average Bonchev–Trinajstić information content (AvgIpc) is 2.37. The molecule has 0 aromatic carbocycles. The summed E-state index contributed by atoms with van der Waals surface area (Å²) >= 11 is 0. The number of rotatable bonds is 2. The van der Waals surface area contributed by atoms with Crippen LogP contribution >= 0.6 is 0 Å². The largest absolute Gasteiger partial charge is 0.393 e. The average molecular weight is 128 g/mol. The molecule has 0 spiro atoms. The van der Waals surface area contributed by atoms with Gasteiger partial charge in [-0.25, -0.2) is 0 Å². The summed E-state index contributed by atoms with van der Waals surface area (Å²) in [6, 6.07) is 1.61. The summed E-state index contributed by atoms with van der Waals surface area (Å²) in [5.41, 5.74) is 0.539. The molecule has 9 heavy (non-hydrogen) atoms. The van der Waals surface area contributed by atoms with Gasteiger partial charge in [-0.2, -0.15) is 5.10 Å². The van der Waals surface area contributed by atoms with Crippen LogP contribution < -0.4 is 0 Å². The van der Waals surface area contributed by atoms with Crippen molar-refractivity contribution in [2.75, 3.05) is 6.61 Å². The van der Waals surface area contributed by atoms with Crippen LogP contribution in [0.2, 0.25) is 0 Å². The Labute approximate surface area is 52.1 Å². The van der Waals surface area contributed by atoms with Crippen molar-refractivity contribution in [1.82, 2.24) is 10.2 Å². The molecule has 1 atom stereocenters. The molecule has 0 fully saturated rings. The molecule has 0 radical (unpaired) electrons. The maximum absolute atomic E-state index is 8.90. The number of H-pyrrole nitrogens is 1. The number of aliphatic hydroxyl groups is 2. The van der Waals surface area contributed by atoms with Crippen LogP contribution in [0.3, 0.4) is 0 Å². The number of hydrogen-bond acceptors (Lipinski definition) is 3. The van der Waals surface area contributed by atoms with Gasteiger partial charge in [0.25, 0.3) is 0 Å². The van der Waals surface area contributed by atoms with E-state index < -0.39 is 6.10 Å². The smallest absolute Gasteiger partial charge is 0.118 e. The first-order chi connectivity index (χ1) is 4.34. The lowest BCUT2D eigenvalue weighted by molar-refractivity contribution is 0.0922. The van der Waals surface area contributed by atoms with E-state index in [1.807, 2.05) is 0 Å². The molecule has 50 valence electrons. The lowest BCUT2D eigenvalue weighted by Gasteiger charge is -2.00. The van der Waals surface area contributed by atoms with E-state index in [-0.39, 0.29) is 6.61 Å². The van der Waals surface area contributed by atoms with E-state index in [0.717, 1.165) is 0 Å². The first-order valence-electron chi connectivity index (χ1n) is 2.63. The van der Waals surface area contributed by atoms with E-state index in [0.29, 0.717) is 5.69 Å². The fourth-order valence-electron chi connectivity index (χ4n) is 0.551. The van der Waals surface area contributed by atoms with Crippen LogP contribution in [-0.4, -0.2) is 27.0 Å². The number of aromatic nitrogens is 2. The maximum Gasteiger partial charge on any atom is 0.118 e. The normalized spacial score (nSPS) is 13.6. The summed E-state index contributed by atoms with van der Waals surface area (Å²) in [6.45, 7) is -0.276. The molecule has 4 heteroatoms. The molecule has 0 saturated heterocycles. The highest BCUT2D eigenvalue weighted by Gasteiger charge is 2.04. The molecule has 0 aliphatic heterocycles. The Kier molecular flexibility index (Phi) is 1.81. The van der Waals surface area contributed by atoms with Crippen molar-refractivity contribution in [3.8, 4) is 0 Å². The molecule has 1 heterocycles. The second kappa shape index (κ2) is 2.61. The van der Waals surface area contributed by atoms with Gasteiger partial charge < -0.3 is 10.2 Å². The molecule has 0 aliphatic rings. The van der Waals surface area contributed by atoms with E-state index in [1.54, 1.807) is 6.07 Å². The van der Waals surface area contributed by atoms with Gasteiger partial charge in [0.2, 0.25) is 0 Å². The monoisotopic (exact) mass is 128 g/mol. The van der Waals surface area contributed by atoms with Gasteiger partial charge in [-0.15, -0.1) is 0 Å². The van der Waals surface area contributed by atoms with Gasteiger partial charge in [0, 0.05) is 6.20 Å². The zero-order valence-electron chi connectivity index (χ0n) is 4.78. The SMILES string of the molecule is OCC(O)c1ccn[nH]1. The molecule has 1 aromatic heterocycles. The van der Waals surface area contributed by atoms with Crippen molar-refractivity contribution < 1.29 is 10.2 Å². The van der Waals surface area contributed by atoms with E-state index in [4.69, 9.17) is 10.2 Å². The first-order valence-corrected chi connectivity index (χ1v) is 2.63. The highest BCUT2D eigenvalue weighted by atomic mass is 16.3. The molecule has 1 rings (SSSR count). The highest BCUT2D eigenvalue weighted by Crippen LogP contribution is 2.05. The van der Waals surface area contributed by atoms with Crippen LogP contribution in [0.15, 0.2) is 12.3 Å². The van der Waals surface area contributed by atoms with Crippen molar-refractivity contribution in [1.29, 1.82) is 0 Å². The fraction of sp³-hybridized carbons (Fsp3) is 0.400. The zero-order chi connectivity index (χ0) is 6.69. The predicted octanol–water partition coefficient (Wildman–Crippen LogP) is -0.565. The summed E-state index contributed by atoms with van der Waals surface area (Å²) in [5.74, 6) is 0. The lowest BCUT2D eigenvalue weighted by Crippen LogP contribution is -2.02. The number of aliphatic hydroxyl groups excluding tert-OH is 2. The molecule has 0 bridgehead atoms. The number of nitrogens with one attached hydrogen (secondary N) is 1. The zero-order valence-corrected chi connectivity index (χ0v) is 4.78. The van der Waals surface area contributed by atoms with Crippen molar-refractivity contribution >= 4 is 0 Å². The Balaban J connectivity index is 2.65. The summed E-state index contributed by atoms with van der Waals surface area (Å²) < 4.78 is 0. The minimum absolute atomic E-state index is 0.276. The number of aromatic amines is 1. The number of hydrogen-bond donors (Lipinski definition) is 3. The first kappa shape index (κ1) is 6.25. The van der Waals surface area contributed by atoms with E-state index in [9.17, 15) is 0 Å². The van der Waals surface area contributed by atoms with Gasteiger partial charge in [-0.05, 0) is 6.07 Å². The Bertz CT molecular complexity index is 161. The third-order valence-corrected chi connectivity index (χ3v) is 1.05. The van der Waals surface area contributed by atoms with Crippen LogP contribution in [0.1, 0.15) is 11.8 Å². The standard InChI is InChI=1S/C5H8N2O2/c8-3-5(9)4-1-2-6-7-4/h1-2,5,8-9H,3H2,(H,6,7). The van der Waals surface area contributed by atoms with Gasteiger partial charge in [0.05, 0.1) is 12.3 Å². The van der Waals surface area contributed by atoms with Crippen LogP contribution in [0.5, 0.6) is 0 Å². The van der Waals surface area contributed by atoms with Gasteiger partial charge in [0.1, 0.15) is 6.10 Å². The molecule has 1 aromatic rings. The summed E-state index contributed by atoms with van der Waals surface area (Å²) in [5, 5.41) is 23.4. The molecule has 0 saturated carbocycles. The van der Waals surface area contributed by atoms with Crippen LogP contribution in [0.4, 0.5) is 0 Å². The highest BCUT2D eigenvalue weighted by molar-refractivity contribution is 5.00. The Morgan fingerprint density at radius 3 is 3.00 bits per heavy atom.